The molecule has 200 valence electrons. The van der Waals surface area contributed by atoms with E-state index in [9.17, 15) is 19.2 Å². The zero-order chi connectivity index (χ0) is 28.1. The van der Waals surface area contributed by atoms with Gasteiger partial charge in [0.25, 0.3) is 17.7 Å². The van der Waals surface area contributed by atoms with E-state index in [-0.39, 0.29) is 35.3 Å². The van der Waals surface area contributed by atoms with Crippen LogP contribution in [0.1, 0.15) is 18.1 Å². The number of carbonyl (C=O) groups excluding carboxylic acids is 4. The Morgan fingerprint density at radius 2 is 1.74 bits per heavy atom. The molecule has 1 heterocycles. The first kappa shape index (κ1) is 27.9. The van der Waals surface area contributed by atoms with Crippen LogP contribution in [0.3, 0.4) is 0 Å². The minimum Gasteiger partial charge on any atom is -0.490 e. The summed E-state index contributed by atoms with van der Waals surface area (Å²) in [5.74, 6) is -1.70. The highest BCUT2D eigenvalue weighted by molar-refractivity contribution is 9.10. The Balaban J connectivity index is 1.57. The first-order valence-corrected chi connectivity index (χ1v) is 13.0. The van der Waals surface area contributed by atoms with E-state index in [1.807, 2.05) is 19.1 Å². The second kappa shape index (κ2) is 12.1. The van der Waals surface area contributed by atoms with Crippen molar-refractivity contribution in [1.82, 2.24) is 5.32 Å². The van der Waals surface area contributed by atoms with Gasteiger partial charge < -0.3 is 14.8 Å². The summed E-state index contributed by atoms with van der Waals surface area (Å²) >= 11 is 9.77. The summed E-state index contributed by atoms with van der Waals surface area (Å²) in [5.41, 5.74) is 2.05. The molecule has 0 atom stereocenters. The van der Waals surface area contributed by atoms with E-state index in [1.165, 1.54) is 18.2 Å². The van der Waals surface area contributed by atoms with Gasteiger partial charge in [0.15, 0.2) is 18.1 Å². The highest BCUT2D eigenvalue weighted by Crippen LogP contribution is 2.37. The van der Waals surface area contributed by atoms with Crippen molar-refractivity contribution in [3.05, 3.63) is 86.9 Å². The maximum absolute atomic E-state index is 13.2. The molecule has 3 aromatic carbocycles. The van der Waals surface area contributed by atoms with Crippen molar-refractivity contribution in [2.45, 2.75) is 13.8 Å². The van der Waals surface area contributed by atoms with Crippen LogP contribution >= 0.6 is 27.5 Å². The summed E-state index contributed by atoms with van der Waals surface area (Å²) in [5, 5.41) is 5.01. The zero-order valence-electron chi connectivity index (χ0n) is 20.9. The molecule has 4 rings (SSSR count). The van der Waals surface area contributed by atoms with Gasteiger partial charge in [0.1, 0.15) is 5.57 Å². The van der Waals surface area contributed by atoms with Crippen molar-refractivity contribution in [2.24, 2.45) is 0 Å². The molecule has 5 amide bonds. The smallest absolute Gasteiger partial charge is 0.335 e. The molecule has 0 saturated carbocycles. The molecule has 2 N–H and O–H groups in total. The van der Waals surface area contributed by atoms with Crippen LogP contribution in [-0.4, -0.2) is 37.0 Å². The minimum atomic E-state index is -0.856. The first-order valence-electron chi connectivity index (χ1n) is 11.8. The van der Waals surface area contributed by atoms with Gasteiger partial charge in [-0.3, -0.25) is 19.7 Å². The molecule has 0 aromatic heterocycles. The number of nitrogens with zero attached hydrogens (tertiary/aromatic N) is 1. The van der Waals surface area contributed by atoms with Crippen molar-refractivity contribution < 1.29 is 28.7 Å². The van der Waals surface area contributed by atoms with Crippen molar-refractivity contribution >= 4 is 68.7 Å². The third kappa shape index (κ3) is 6.65. The number of rotatable bonds is 8. The normalized spacial score (nSPS) is 14.3. The van der Waals surface area contributed by atoms with E-state index in [4.69, 9.17) is 21.1 Å². The van der Waals surface area contributed by atoms with Crippen molar-refractivity contribution in [3.8, 4) is 11.5 Å². The SMILES string of the molecule is CCOc1cc(/C=C2\C(=O)NC(=O)N(c3ccc(Br)cc3)C2=O)cc(Cl)c1OCC(=O)Nc1ccc(C)cc1. The average molecular weight is 613 g/mol. The topological polar surface area (TPSA) is 114 Å². The van der Waals surface area contributed by atoms with Crippen LogP contribution in [0.5, 0.6) is 11.5 Å². The highest BCUT2D eigenvalue weighted by Gasteiger charge is 2.36. The zero-order valence-corrected chi connectivity index (χ0v) is 23.3. The van der Waals surface area contributed by atoms with Gasteiger partial charge in [0, 0.05) is 10.2 Å². The summed E-state index contributed by atoms with van der Waals surface area (Å²) < 4.78 is 12.1. The third-order valence-corrected chi connectivity index (χ3v) is 6.32. The molecule has 39 heavy (non-hydrogen) atoms. The molecule has 11 heteroatoms. The standard InChI is InChI=1S/C28H23BrClN3O6/c1-3-38-23-14-17(13-22(30)25(23)39-15-24(34)31-19-8-4-16(2)5-9-19)12-21-26(35)32-28(37)33(27(21)36)20-10-6-18(29)7-11-20/h4-14H,3,15H2,1-2H3,(H,31,34)(H,32,35,37)/b21-12+. The molecular weight excluding hydrogens is 590 g/mol. The summed E-state index contributed by atoms with van der Waals surface area (Å²) in [6.45, 7) is 3.62. The Morgan fingerprint density at radius 3 is 2.41 bits per heavy atom. The number of ether oxygens (including phenoxy) is 2. The van der Waals surface area contributed by atoms with Crippen LogP contribution in [0.4, 0.5) is 16.2 Å². The van der Waals surface area contributed by atoms with Gasteiger partial charge in [-0.25, -0.2) is 9.69 Å². The summed E-state index contributed by atoms with van der Waals surface area (Å²) in [7, 11) is 0. The van der Waals surface area contributed by atoms with Crippen molar-refractivity contribution in [1.29, 1.82) is 0 Å². The van der Waals surface area contributed by atoms with E-state index in [2.05, 4.69) is 26.6 Å². The van der Waals surface area contributed by atoms with E-state index in [0.717, 1.165) is 14.9 Å². The summed E-state index contributed by atoms with van der Waals surface area (Å²) in [4.78, 5) is 51.5. The molecule has 1 saturated heterocycles. The number of imide groups is 2. The number of hydrogen-bond acceptors (Lipinski definition) is 6. The largest absolute Gasteiger partial charge is 0.490 e. The van der Waals surface area contributed by atoms with E-state index >= 15 is 0 Å². The Kier molecular flexibility index (Phi) is 8.68. The lowest BCUT2D eigenvalue weighted by molar-refractivity contribution is -0.122. The molecule has 0 bridgehead atoms. The molecule has 0 spiro atoms. The van der Waals surface area contributed by atoms with Crippen molar-refractivity contribution in [2.75, 3.05) is 23.4 Å². The molecule has 0 radical (unpaired) electrons. The van der Waals surface area contributed by atoms with E-state index < -0.39 is 23.8 Å². The Morgan fingerprint density at radius 1 is 1.05 bits per heavy atom. The predicted octanol–water partition coefficient (Wildman–Crippen LogP) is 5.49. The lowest BCUT2D eigenvalue weighted by Crippen LogP contribution is -2.54. The van der Waals surface area contributed by atoms with Crippen LogP contribution in [0, 0.1) is 6.92 Å². The average Bonchev–Trinajstić information content (AvgIpc) is 2.88. The lowest BCUT2D eigenvalue weighted by Gasteiger charge is -2.26. The van der Waals surface area contributed by atoms with Gasteiger partial charge in [-0.15, -0.1) is 0 Å². The molecule has 3 aromatic rings. The highest BCUT2D eigenvalue weighted by atomic mass is 79.9. The predicted molar refractivity (Wildman–Crippen MR) is 151 cm³/mol. The number of amides is 5. The molecule has 1 aliphatic rings. The Labute approximate surface area is 237 Å². The van der Waals surface area contributed by atoms with Crippen LogP contribution in [0.15, 0.2) is 70.7 Å². The summed E-state index contributed by atoms with van der Waals surface area (Å²) in [6.07, 6.45) is 1.30. The first-order chi connectivity index (χ1) is 18.7. The fraction of sp³-hybridized carbons (Fsp3) is 0.143. The number of nitrogens with one attached hydrogen (secondary N) is 2. The number of anilines is 2. The maximum atomic E-state index is 13.2. The van der Waals surface area contributed by atoms with Crippen LogP contribution in [0.25, 0.3) is 6.08 Å². The molecular formula is C28H23BrClN3O6. The number of carbonyl (C=O) groups is 4. The van der Waals surface area contributed by atoms with Gasteiger partial charge >= 0.3 is 6.03 Å². The molecule has 0 unspecified atom stereocenters. The third-order valence-electron chi connectivity index (χ3n) is 5.51. The minimum absolute atomic E-state index is 0.0976. The number of barbiturate groups is 1. The number of benzene rings is 3. The molecule has 0 aliphatic carbocycles. The van der Waals surface area contributed by atoms with Crippen LogP contribution in [0.2, 0.25) is 5.02 Å². The fourth-order valence-corrected chi connectivity index (χ4v) is 4.23. The Hall–Kier alpha value is -4.15. The second-order valence-corrected chi connectivity index (χ2v) is 9.72. The fourth-order valence-electron chi connectivity index (χ4n) is 3.69. The Bertz CT molecular complexity index is 1470. The lowest BCUT2D eigenvalue weighted by atomic mass is 10.1. The summed E-state index contributed by atoms with van der Waals surface area (Å²) in [6, 6.07) is 15.9. The van der Waals surface area contributed by atoms with Crippen molar-refractivity contribution in [3.63, 3.8) is 0 Å². The van der Waals surface area contributed by atoms with Crippen LogP contribution in [-0.2, 0) is 14.4 Å². The van der Waals surface area contributed by atoms with E-state index in [0.29, 0.717) is 16.9 Å². The van der Waals surface area contributed by atoms with E-state index in [1.54, 1.807) is 43.3 Å². The van der Waals surface area contributed by atoms with Gasteiger partial charge in [0.05, 0.1) is 17.3 Å². The quantitative estimate of drug-likeness (QED) is 0.257. The number of urea groups is 1. The number of hydrogen-bond donors (Lipinski definition) is 2. The van der Waals surface area contributed by atoms with Gasteiger partial charge in [-0.2, -0.15) is 0 Å². The van der Waals surface area contributed by atoms with Gasteiger partial charge in [0.2, 0.25) is 0 Å². The number of halogens is 2. The van der Waals surface area contributed by atoms with Gasteiger partial charge in [-0.1, -0.05) is 45.2 Å². The maximum Gasteiger partial charge on any atom is 0.335 e. The monoisotopic (exact) mass is 611 g/mol. The molecule has 1 fully saturated rings. The van der Waals surface area contributed by atoms with Gasteiger partial charge in [-0.05, 0) is 74.0 Å². The van der Waals surface area contributed by atoms with Crippen LogP contribution < -0.4 is 25.0 Å². The molecule has 1 aliphatic heterocycles. The number of aryl methyl sites for hydroxylation is 1. The molecule has 9 nitrogen and oxygen atoms in total. The second-order valence-electron chi connectivity index (χ2n) is 8.40.